The molecule has 0 aliphatic carbocycles. The molecule has 0 saturated carbocycles. The number of amides is 2. The molecule has 0 saturated heterocycles. The molecule has 2 amide bonds. The van der Waals surface area contributed by atoms with Gasteiger partial charge in [-0.1, -0.05) is 19.1 Å². The topological polar surface area (TPSA) is 91.3 Å². The summed E-state index contributed by atoms with van der Waals surface area (Å²) in [5.74, 6) is 0.162. The van der Waals surface area contributed by atoms with Gasteiger partial charge in [0.2, 0.25) is 11.8 Å². The minimum atomic E-state index is -4.43. The van der Waals surface area contributed by atoms with E-state index in [9.17, 15) is 27.9 Å². The van der Waals surface area contributed by atoms with Crippen molar-refractivity contribution in [1.82, 2.24) is 9.80 Å². The van der Waals surface area contributed by atoms with Gasteiger partial charge in [-0.15, -0.1) is 0 Å². The summed E-state index contributed by atoms with van der Waals surface area (Å²) in [5, 5.41) is 12.3. The molecule has 1 heterocycles. The highest BCUT2D eigenvalue weighted by Gasteiger charge is 2.31. The molecule has 3 atom stereocenters. The van der Waals surface area contributed by atoms with Crippen LogP contribution in [0.5, 0.6) is 11.5 Å². The van der Waals surface area contributed by atoms with Crippen LogP contribution >= 0.6 is 0 Å². The quantitative estimate of drug-likeness (QED) is 0.448. The number of fused-ring (bicyclic) bond motifs is 1. The van der Waals surface area contributed by atoms with E-state index in [2.05, 4.69) is 10.2 Å². The molecule has 3 rings (SSSR count). The standard InChI is InChI=1S/C29H38F3N3O5/c1-19-15-35(20(2)18-36)28(38)14-22-13-23(33-27(37)11-12-29(30,31)32)7-10-25(22)40-26(19)17-34(3)16-21-5-8-24(39-4)9-6-21/h5-10,13,19-20,26,36H,11-12,14-18H2,1-4H3,(H,33,37)/t19-,20+,26+/m1/s1. The minimum absolute atomic E-state index is 0.0485. The Labute approximate surface area is 233 Å². The van der Waals surface area contributed by atoms with Gasteiger partial charge in [-0.05, 0) is 49.9 Å². The largest absolute Gasteiger partial charge is 0.497 e. The average Bonchev–Trinajstić information content (AvgIpc) is 2.94. The van der Waals surface area contributed by atoms with Gasteiger partial charge in [0, 0.05) is 43.2 Å². The van der Waals surface area contributed by atoms with Crippen molar-refractivity contribution in [2.24, 2.45) is 5.92 Å². The summed E-state index contributed by atoms with van der Waals surface area (Å²) in [4.78, 5) is 29.2. The fourth-order valence-corrected chi connectivity index (χ4v) is 4.62. The van der Waals surface area contributed by atoms with Crippen LogP contribution in [0.4, 0.5) is 18.9 Å². The number of likely N-dealkylation sites (N-methyl/N-ethyl adjacent to an activating group) is 1. The zero-order valence-corrected chi connectivity index (χ0v) is 23.3. The van der Waals surface area contributed by atoms with E-state index in [0.717, 1.165) is 11.3 Å². The fourth-order valence-electron chi connectivity index (χ4n) is 4.62. The maximum absolute atomic E-state index is 13.3. The second-order valence-electron chi connectivity index (χ2n) is 10.4. The van der Waals surface area contributed by atoms with E-state index in [0.29, 0.717) is 30.9 Å². The van der Waals surface area contributed by atoms with Crippen LogP contribution in [0, 0.1) is 5.92 Å². The van der Waals surface area contributed by atoms with E-state index in [1.807, 2.05) is 38.2 Å². The number of nitrogens with zero attached hydrogens (tertiary/aromatic N) is 2. The number of aliphatic hydroxyl groups excluding tert-OH is 1. The van der Waals surface area contributed by atoms with Gasteiger partial charge in [0.25, 0.3) is 0 Å². The Morgan fingerprint density at radius 3 is 2.58 bits per heavy atom. The highest BCUT2D eigenvalue weighted by atomic mass is 19.4. The molecule has 8 nitrogen and oxygen atoms in total. The molecule has 2 N–H and O–H groups in total. The van der Waals surface area contributed by atoms with Crippen LogP contribution < -0.4 is 14.8 Å². The summed E-state index contributed by atoms with van der Waals surface area (Å²) < 4.78 is 49.3. The molecule has 2 aromatic rings. The van der Waals surface area contributed by atoms with Crippen LogP contribution in [0.1, 0.15) is 37.8 Å². The maximum Gasteiger partial charge on any atom is 0.389 e. The molecule has 0 unspecified atom stereocenters. The van der Waals surface area contributed by atoms with Crippen LogP contribution in [0.15, 0.2) is 42.5 Å². The van der Waals surface area contributed by atoms with Crippen molar-refractivity contribution in [2.45, 2.75) is 58.0 Å². The molecule has 0 bridgehead atoms. The number of hydrogen-bond donors (Lipinski definition) is 2. The summed E-state index contributed by atoms with van der Waals surface area (Å²) in [7, 11) is 3.60. The number of aliphatic hydroxyl groups is 1. The first kappa shape index (κ1) is 31.2. The first-order valence-corrected chi connectivity index (χ1v) is 13.3. The van der Waals surface area contributed by atoms with Crippen molar-refractivity contribution in [3.05, 3.63) is 53.6 Å². The van der Waals surface area contributed by atoms with E-state index in [1.54, 1.807) is 37.1 Å². The average molecular weight is 566 g/mol. The van der Waals surface area contributed by atoms with E-state index in [1.165, 1.54) is 0 Å². The number of alkyl halides is 3. The molecule has 40 heavy (non-hydrogen) atoms. The van der Waals surface area contributed by atoms with Crippen molar-refractivity contribution in [3.8, 4) is 11.5 Å². The lowest BCUT2D eigenvalue weighted by molar-refractivity contribution is -0.142. The van der Waals surface area contributed by atoms with E-state index < -0.39 is 31.0 Å². The zero-order valence-electron chi connectivity index (χ0n) is 23.3. The molecular weight excluding hydrogens is 527 g/mol. The Kier molecular flexibility index (Phi) is 10.8. The van der Waals surface area contributed by atoms with Crippen molar-refractivity contribution < 1.29 is 37.3 Å². The predicted molar refractivity (Wildman–Crippen MR) is 145 cm³/mol. The number of halogens is 3. The molecular formula is C29H38F3N3O5. The Hall–Kier alpha value is -3.31. The fraction of sp³-hybridized carbons (Fsp3) is 0.517. The van der Waals surface area contributed by atoms with Crippen molar-refractivity contribution in [3.63, 3.8) is 0 Å². The summed E-state index contributed by atoms with van der Waals surface area (Å²) in [5.41, 5.74) is 1.88. The van der Waals surface area contributed by atoms with Crippen LogP contribution in [-0.4, -0.2) is 78.9 Å². The second-order valence-corrected chi connectivity index (χ2v) is 10.4. The molecule has 0 radical (unpaired) electrons. The smallest absolute Gasteiger partial charge is 0.389 e. The number of carbonyl (C=O) groups excluding carboxylic acids is 2. The van der Waals surface area contributed by atoms with Gasteiger partial charge in [-0.2, -0.15) is 13.2 Å². The lowest BCUT2D eigenvalue weighted by Crippen LogP contribution is -2.47. The number of methoxy groups -OCH3 is 1. The van der Waals surface area contributed by atoms with E-state index in [4.69, 9.17) is 9.47 Å². The molecule has 1 aliphatic rings. The van der Waals surface area contributed by atoms with Crippen molar-refractivity contribution >= 4 is 17.5 Å². The van der Waals surface area contributed by atoms with Crippen molar-refractivity contribution in [1.29, 1.82) is 0 Å². The molecule has 11 heteroatoms. The highest BCUT2D eigenvalue weighted by molar-refractivity contribution is 5.91. The Morgan fingerprint density at radius 1 is 1.25 bits per heavy atom. The van der Waals surface area contributed by atoms with Gasteiger partial charge in [-0.25, -0.2) is 0 Å². The van der Waals surface area contributed by atoms with Crippen LogP contribution in [-0.2, 0) is 22.6 Å². The normalized spacial score (nSPS) is 18.7. The summed E-state index contributed by atoms with van der Waals surface area (Å²) in [6.07, 6.45) is -6.72. The number of hydrogen-bond acceptors (Lipinski definition) is 6. The number of anilines is 1. The maximum atomic E-state index is 13.3. The van der Waals surface area contributed by atoms with Crippen molar-refractivity contribution in [2.75, 3.05) is 39.2 Å². The number of benzene rings is 2. The minimum Gasteiger partial charge on any atom is -0.497 e. The van der Waals surface area contributed by atoms with Gasteiger partial charge in [0.05, 0.1) is 32.6 Å². The Balaban J connectivity index is 1.83. The Bertz CT molecular complexity index is 1140. The van der Waals surface area contributed by atoms with Crippen LogP contribution in [0.3, 0.4) is 0 Å². The van der Waals surface area contributed by atoms with Crippen LogP contribution in [0.25, 0.3) is 0 Å². The molecule has 2 aromatic carbocycles. The molecule has 0 fully saturated rings. The van der Waals surface area contributed by atoms with Gasteiger partial charge in [0.1, 0.15) is 17.6 Å². The molecule has 220 valence electrons. The number of ether oxygens (including phenoxy) is 2. The third-order valence-corrected chi connectivity index (χ3v) is 6.94. The second kappa shape index (κ2) is 13.8. The molecule has 0 spiro atoms. The van der Waals surface area contributed by atoms with E-state index in [-0.39, 0.29) is 36.6 Å². The van der Waals surface area contributed by atoms with E-state index >= 15 is 0 Å². The molecule has 1 aliphatic heterocycles. The first-order chi connectivity index (χ1) is 18.9. The summed E-state index contributed by atoms with van der Waals surface area (Å²) >= 11 is 0. The van der Waals surface area contributed by atoms with Crippen LogP contribution in [0.2, 0.25) is 0 Å². The lowest BCUT2D eigenvalue weighted by Gasteiger charge is -2.34. The van der Waals surface area contributed by atoms with Gasteiger partial charge in [0.15, 0.2) is 0 Å². The number of rotatable bonds is 10. The Morgan fingerprint density at radius 2 is 1.95 bits per heavy atom. The number of carbonyl (C=O) groups is 2. The number of nitrogens with one attached hydrogen (secondary N) is 1. The monoisotopic (exact) mass is 565 g/mol. The third-order valence-electron chi connectivity index (χ3n) is 6.94. The zero-order chi connectivity index (χ0) is 29.4. The lowest BCUT2D eigenvalue weighted by atomic mass is 10.0. The first-order valence-electron chi connectivity index (χ1n) is 13.3. The van der Waals surface area contributed by atoms with Gasteiger partial charge >= 0.3 is 6.18 Å². The third kappa shape index (κ3) is 9.12. The summed E-state index contributed by atoms with van der Waals surface area (Å²) in [6, 6.07) is 12.1. The summed E-state index contributed by atoms with van der Waals surface area (Å²) in [6.45, 7) is 5.13. The van der Waals surface area contributed by atoms with Gasteiger partial charge < -0.3 is 24.8 Å². The highest BCUT2D eigenvalue weighted by Crippen LogP contribution is 2.30. The molecule has 0 aromatic heterocycles. The van der Waals surface area contributed by atoms with Gasteiger partial charge in [-0.3, -0.25) is 14.5 Å². The SMILES string of the molecule is COc1ccc(CN(C)C[C@@H]2Oc3ccc(NC(=O)CCC(F)(F)F)cc3CC(=O)N([C@@H](C)CO)C[C@H]2C)cc1. The predicted octanol–water partition coefficient (Wildman–Crippen LogP) is 4.26.